The van der Waals surface area contributed by atoms with Gasteiger partial charge in [0.2, 0.25) is 5.91 Å². The lowest BCUT2D eigenvalue weighted by atomic mass is 9.94. The van der Waals surface area contributed by atoms with Crippen LogP contribution >= 0.6 is 0 Å². The second-order valence-electron chi connectivity index (χ2n) is 20.6. The van der Waals surface area contributed by atoms with Gasteiger partial charge in [0.05, 0.1) is 6.54 Å². The Hall–Kier alpha value is -0.910. The Morgan fingerprint density at radius 1 is 0.444 bits per heavy atom. The van der Waals surface area contributed by atoms with E-state index in [0.717, 1.165) is 39.1 Å². The van der Waals surface area contributed by atoms with Gasteiger partial charge in [-0.05, 0) is 109 Å². The van der Waals surface area contributed by atoms with E-state index in [1.165, 1.54) is 277 Å². The van der Waals surface area contributed by atoms with Gasteiger partial charge in [0.25, 0.3) is 0 Å². The monoisotopic (exact) mass is 885 g/mol. The van der Waals surface area contributed by atoms with Crippen LogP contribution in [-0.2, 0) is 4.79 Å². The van der Waals surface area contributed by atoms with Crippen LogP contribution in [0.2, 0.25) is 0 Å². The molecule has 1 atom stereocenters. The molecule has 1 unspecified atom stereocenters. The fraction of sp³-hybridized carbons (Fsp3) is 0.948. The minimum Gasteiger partial charge on any atom is -0.341 e. The lowest BCUT2D eigenvalue weighted by Crippen LogP contribution is -2.47. The average Bonchev–Trinajstić information content (AvgIpc) is 3.30. The van der Waals surface area contributed by atoms with Gasteiger partial charge in [-0.1, -0.05) is 220 Å². The molecular weight excluding hydrogens is 769 g/mol. The van der Waals surface area contributed by atoms with Crippen LogP contribution in [0.4, 0.5) is 0 Å². The number of hydrogen-bond acceptors (Lipinski definition) is 4. The van der Waals surface area contributed by atoms with Crippen molar-refractivity contribution in [2.45, 2.75) is 278 Å². The summed E-state index contributed by atoms with van der Waals surface area (Å²) in [6.45, 7) is 25.2. The smallest absolute Gasteiger partial charge is 0.236 e. The zero-order valence-corrected chi connectivity index (χ0v) is 43.9. The molecule has 0 spiro atoms. The van der Waals surface area contributed by atoms with Crippen LogP contribution < -0.4 is 0 Å². The summed E-state index contributed by atoms with van der Waals surface area (Å²) >= 11 is 0. The molecule has 1 saturated heterocycles. The summed E-state index contributed by atoms with van der Waals surface area (Å²) < 4.78 is 0. The summed E-state index contributed by atoms with van der Waals surface area (Å²) in [7, 11) is 0. The molecule has 1 fully saturated rings. The van der Waals surface area contributed by atoms with Crippen LogP contribution in [0.3, 0.4) is 0 Å². The Kier molecular flexibility index (Phi) is 45.4. The number of amides is 1. The van der Waals surface area contributed by atoms with Gasteiger partial charge >= 0.3 is 0 Å². The van der Waals surface area contributed by atoms with E-state index in [2.05, 4.69) is 59.9 Å². The molecule has 5 nitrogen and oxygen atoms in total. The largest absolute Gasteiger partial charge is 0.341 e. The van der Waals surface area contributed by atoms with E-state index < -0.39 is 0 Å². The maximum atomic E-state index is 14.2. The first-order valence-electron chi connectivity index (χ1n) is 29.1. The highest BCUT2D eigenvalue weighted by atomic mass is 16.2. The number of unbranched alkanes of at least 4 members (excludes halogenated alkanes) is 31. The minimum absolute atomic E-state index is 0.408. The Balaban J connectivity index is 2.73. The van der Waals surface area contributed by atoms with Crippen molar-refractivity contribution in [3.05, 3.63) is 12.7 Å². The van der Waals surface area contributed by atoms with E-state index in [-0.39, 0.29) is 0 Å². The third-order valence-electron chi connectivity index (χ3n) is 14.5. The van der Waals surface area contributed by atoms with Crippen molar-refractivity contribution in [1.29, 1.82) is 0 Å². The van der Waals surface area contributed by atoms with Crippen LogP contribution in [0.25, 0.3) is 0 Å². The van der Waals surface area contributed by atoms with E-state index in [1.807, 2.05) is 0 Å². The highest BCUT2D eigenvalue weighted by Gasteiger charge is 2.25. The van der Waals surface area contributed by atoms with Crippen LogP contribution in [0, 0.1) is 5.92 Å². The number of piperidine rings is 1. The molecule has 0 bridgehead atoms. The maximum absolute atomic E-state index is 14.2. The second-order valence-corrected chi connectivity index (χ2v) is 20.6. The van der Waals surface area contributed by atoms with Gasteiger partial charge in [-0.3, -0.25) is 9.69 Å². The molecule has 63 heavy (non-hydrogen) atoms. The zero-order valence-electron chi connectivity index (χ0n) is 43.9. The Morgan fingerprint density at radius 2 is 0.778 bits per heavy atom. The molecule has 1 heterocycles. The van der Waals surface area contributed by atoms with Crippen LogP contribution in [0.1, 0.15) is 278 Å². The van der Waals surface area contributed by atoms with Crippen molar-refractivity contribution in [3.63, 3.8) is 0 Å². The van der Waals surface area contributed by atoms with Crippen LogP contribution in [-0.4, -0.2) is 97.5 Å². The number of carbonyl (C=O) groups is 1. The fourth-order valence-electron chi connectivity index (χ4n) is 10.1. The third-order valence-corrected chi connectivity index (χ3v) is 14.5. The summed E-state index contributed by atoms with van der Waals surface area (Å²) in [6.07, 6.45) is 55.1. The van der Waals surface area contributed by atoms with Crippen LogP contribution in [0.15, 0.2) is 12.7 Å². The molecule has 1 aliphatic rings. The van der Waals surface area contributed by atoms with Gasteiger partial charge in [-0.25, -0.2) is 0 Å². The molecule has 0 aliphatic carbocycles. The molecule has 0 saturated carbocycles. The van der Waals surface area contributed by atoms with E-state index in [1.54, 1.807) is 0 Å². The van der Waals surface area contributed by atoms with E-state index in [4.69, 9.17) is 0 Å². The molecule has 0 aromatic heterocycles. The molecule has 1 aliphatic heterocycles. The van der Waals surface area contributed by atoms with Crippen molar-refractivity contribution < 1.29 is 4.79 Å². The quantitative estimate of drug-likeness (QED) is 0.0450. The summed E-state index contributed by atoms with van der Waals surface area (Å²) in [5.41, 5.74) is 0. The topological polar surface area (TPSA) is 30.0 Å². The first-order chi connectivity index (χ1) is 31.1. The van der Waals surface area contributed by atoms with Gasteiger partial charge < -0.3 is 14.7 Å². The Bertz CT molecular complexity index is 924. The van der Waals surface area contributed by atoms with Gasteiger partial charge in [-0.15, -0.1) is 6.58 Å². The van der Waals surface area contributed by atoms with Crippen molar-refractivity contribution in [1.82, 2.24) is 19.6 Å². The molecule has 0 aromatic rings. The number of carbonyl (C=O) groups excluding carboxylic acids is 1. The van der Waals surface area contributed by atoms with Gasteiger partial charge in [-0.2, -0.15) is 0 Å². The number of hydrogen-bond donors (Lipinski definition) is 0. The summed E-state index contributed by atoms with van der Waals surface area (Å²) in [6, 6.07) is 0. The zero-order chi connectivity index (χ0) is 45.5. The van der Waals surface area contributed by atoms with E-state index in [9.17, 15) is 4.79 Å². The maximum Gasteiger partial charge on any atom is 0.236 e. The summed E-state index contributed by atoms with van der Waals surface area (Å²) in [5.74, 6) is 1.06. The standard InChI is InChI=1S/C58H116N4O/c1-6-11-16-21-25-26-27-28-29-33-36-39-47-59(46-38-20-15-10-5)52-45-57-44-43-51-62(55-57)58(63)56-61(50-42-37-32-24-19-14-9-4)54-53-60(48-40-34-30-22-17-12-7-2)49-41-35-31-23-18-13-8-3/h10,57H,5-9,11-56H2,1-4H3. The van der Waals surface area contributed by atoms with Gasteiger partial charge in [0.15, 0.2) is 0 Å². The SMILES string of the molecule is C=CCCCCN(CCCCCCCCCCCCCC)CCC1CCCN(C(=O)CN(CCCCCCCCC)CCN(CCCCCCCCC)CCCCCCCCC)C1. The summed E-state index contributed by atoms with van der Waals surface area (Å²) in [5, 5.41) is 0. The first-order valence-corrected chi connectivity index (χ1v) is 29.1. The van der Waals surface area contributed by atoms with Crippen molar-refractivity contribution in [2.75, 3.05) is 72.0 Å². The molecule has 1 amide bonds. The lowest BCUT2D eigenvalue weighted by Gasteiger charge is -2.36. The molecule has 0 aromatic carbocycles. The summed E-state index contributed by atoms with van der Waals surface area (Å²) in [4.78, 5) is 24.6. The minimum atomic E-state index is 0.408. The number of allylic oxidation sites excluding steroid dienone is 1. The lowest BCUT2D eigenvalue weighted by molar-refractivity contribution is -0.134. The van der Waals surface area contributed by atoms with E-state index in [0.29, 0.717) is 18.4 Å². The fourth-order valence-corrected chi connectivity index (χ4v) is 10.1. The van der Waals surface area contributed by atoms with Crippen LogP contribution in [0.5, 0.6) is 0 Å². The van der Waals surface area contributed by atoms with Gasteiger partial charge in [0, 0.05) is 26.2 Å². The molecule has 5 heteroatoms. The Labute approximate surface area is 397 Å². The normalized spacial score (nSPS) is 14.5. The first kappa shape index (κ1) is 60.1. The third kappa shape index (κ3) is 38.9. The second kappa shape index (κ2) is 47.6. The highest BCUT2D eigenvalue weighted by Crippen LogP contribution is 2.22. The number of likely N-dealkylation sites (tertiary alicyclic amines) is 1. The Morgan fingerprint density at radius 3 is 1.17 bits per heavy atom. The molecule has 0 radical (unpaired) electrons. The van der Waals surface area contributed by atoms with Crippen molar-refractivity contribution >= 4 is 5.91 Å². The average molecular weight is 886 g/mol. The van der Waals surface area contributed by atoms with Crippen molar-refractivity contribution in [2.24, 2.45) is 5.92 Å². The predicted octanol–water partition coefficient (Wildman–Crippen LogP) is 16.8. The van der Waals surface area contributed by atoms with Gasteiger partial charge in [0.1, 0.15) is 0 Å². The number of rotatable bonds is 50. The molecule has 374 valence electrons. The molecule has 0 N–H and O–H groups in total. The highest BCUT2D eigenvalue weighted by molar-refractivity contribution is 5.78. The molecule has 1 rings (SSSR count). The predicted molar refractivity (Wildman–Crippen MR) is 282 cm³/mol. The molecular formula is C58H116N4O. The van der Waals surface area contributed by atoms with E-state index >= 15 is 0 Å². The number of nitrogens with zero attached hydrogens (tertiary/aromatic N) is 4. The van der Waals surface area contributed by atoms with Crippen molar-refractivity contribution in [3.8, 4) is 0 Å².